The maximum Gasteiger partial charge on any atom is 0.322 e. The lowest BCUT2D eigenvalue weighted by atomic mass is 10.1. The minimum atomic E-state index is -1.02. The quantitative estimate of drug-likeness (QED) is 0.625. The Kier molecular flexibility index (Phi) is 5.07. The second-order valence-corrected chi connectivity index (χ2v) is 5.66. The van der Waals surface area contributed by atoms with Gasteiger partial charge < -0.3 is 15.7 Å². The van der Waals surface area contributed by atoms with Crippen LogP contribution in [0.1, 0.15) is 5.56 Å². The number of hydrogen-bond donors (Lipinski definition) is 3. The van der Waals surface area contributed by atoms with E-state index in [1.165, 1.54) is 6.07 Å². The predicted octanol–water partition coefficient (Wildman–Crippen LogP) is 3.83. The van der Waals surface area contributed by atoms with Gasteiger partial charge in [-0.1, -0.05) is 36.4 Å². The normalized spacial score (nSPS) is 10.4. The van der Waals surface area contributed by atoms with E-state index in [0.29, 0.717) is 22.8 Å². The van der Waals surface area contributed by atoms with Crippen LogP contribution in [0.25, 0.3) is 11.3 Å². The number of carbonyl (C=O) groups is 1. The third-order valence-electron chi connectivity index (χ3n) is 3.64. The number of carboxylic acid groups (broad SMARTS) is 1. The number of nitrogens with zero attached hydrogens (tertiary/aromatic N) is 2. The van der Waals surface area contributed by atoms with Gasteiger partial charge in [-0.2, -0.15) is 4.98 Å². The van der Waals surface area contributed by atoms with E-state index in [-0.39, 0.29) is 18.3 Å². The van der Waals surface area contributed by atoms with Crippen molar-refractivity contribution in [3.63, 3.8) is 0 Å². The Morgan fingerprint density at radius 3 is 2.58 bits per heavy atom. The van der Waals surface area contributed by atoms with E-state index in [1.54, 1.807) is 25.1 Å². The molecule has 0 spiro atoms. The number of nitrogens with one attached hydrogen (secondary N) is 2. The van der Waals surface area contributed by atoms with Gasteiger partial charge in [0.05, 0.1) is 5.69 Å². The average Bonchev–Trinajstić information content (AvgIpc) is 2.64. The number of benzene rings is 2. The fourth-order valence-electron chi connectivity index (χ4n) is 2.32. The third-order valence-corrected chi connectivity index (χ3v) is 3.64. The van der Waals surface area contributed by atoms with Gasteiger partial charge in [-0.3, -0.25) is 4.79 Å². The molecule has 2 aromatic carbocycles. The fraction of sp³-hybridized carbons (Fsp3) is 0.105. The summed E-state index contributed by atoms with van der Waals surface area (Å²) in [5.74, 6) is -0.746. The molecule has 1 aromatic heterocycles. The predicted molar refractivity (Wildman–Crippen MR) is 98.0 cm³/mol. The van der Waals surface area contributed by atoms with E-state index in [2.05, 4.69) is 20.6 Å². The monoisotopic (exact) mass is 352 g/mol. The van der Waals surface area contributed by atoms with Gasteiger partial charge >= 0.3 is 5.97 Å². The van der Waals surface area contributed by atoms with Crippen LogP contribution in [0.2, 0.25) is 0 Å². The van der Waals surface area contributed by atoms with Crippen LogP contribution in [0.15, 0.2) is 54.6 Å². The highest BCUT2D eigenvalue weighted by molar-refractivity contribution is 5.73. The van der Waals surface area contributed by atoms with Gasteiger partial charge in [0.15, 0.2) is 0 Å². The molecule has 0 saturated heterocycles. The lowest BCUT2D eigenvalue weighted by molar-refractivity contribution is -0.134. The molecule has 0 radical (unpaired) electrons. The van der Waals surface area contributed by atoms with E-state index < -0.39 is 5.97 Å². The molecule has 3 rings (SSSR count). The molecule has 0 unspecified atom stereocenters. The first kappa shape index (κ1) is 17.3. The summed E-state index contributed by atoms with van der Waals surface area (Å²) >= 11 is 0. The van der Waals surface area contributed by atoms with Crippen molar-refractivity contribution < 1.29 is 14.3 Å². The van der Waals surface area contributed by atoms with E-state index in [9.17, 15) is 9.18 Å². The molecule has 132 valence electrons. The van der Waals surface area contributed by atoms with Crippen molar-refractivity contribution in [3.8, 4) is 11.3 Å². The highest BCUT2D eigenvalue weighted by atomic mass is 19.1. The van der Waals surface area contributed by atoms with Crippen LogP contribution in [-0.2, 0) is 4.79 Å². The largest absolute Gasteiger partial charge is 0.480 e. The number of anilines is 3. The minimum absolute atomic E-state index is 0.170. The molecule has 6 nitrogen and oxygen atoms in total. The van der Waals surface area contributed by atoms with Gasteiger partial charge in [0.2, 0.25) is 5.95 Å². The molecule has 0 atom stereocenters. The summed E-state index contributed by atoms with van der Waals surface area (Å²) in [4.78, 5) is 19.4. The van der Waals surface area contributed by atoms with Crippen LogP contribution in [0.3, 0.4) is 0 Å². The Labute approximate surface area is 149 Å². The van der Waals surface area contributed by atoms with Crippen molar-refractivity contribution in [2.24, 2.45) is 0 Å². The van der Waals surface area contributed by atoms with Gasteiger partial charge in [-0.05, 0) is 24.6 Å². The van der Waals surface area contributed by atoms with Crippen molar-refractivity contribution in [1.82, 2.24) is 9.97 Å². The summed E-state index contributed by atoms with van der Waals surface area (Å²) < 4.78 is 13.8. The first-order valence-electron chi connectivity index (χ1n) is 7.94. The molecular formula is C19H17FN4O2. The highest BCUT2D eigenvalue weighted by Gasteiger charge is 2.09. The minimum Gasteiger partial charge on any atom is -0.480 e. The SMILES string of the molecule is Cc1ccc(Nc2cc(-c3ccccc3)nc(NCC(=O)O)n2)cc1F. The summed E-state index contributed by atoms with van der Waals surface area (Å²) in [7, 11) is 0. The molecule has 0 fully saturated rings. The number of carboxylic acids is 1. The van der Waals surface area contributed by atoms with Crippen molar-refractivity contribution in [3.05, 3.63) is 66.0 Å². The fourth-order valence-corrected chi connectivity index (χ4v) is 2.32. The lowest BCUT2D eigenvalue weighted by Gasteiger charge is -2.11. The van der Waals surface area contributed by atoms with Gasteiger partial charge in [0.1, 0.15) is 18.2 Å². The van der Waals surface area contributed by atoms with E-state index in [1.807, 2.05) is 30.3 Å². The summed E-state index contributed by atoms with van der Waals surface area (Å²) in [6, 6.07) is 15.9. The summed E-state index contributed by atoms with van der Waals surface area (Å²) in [6.45, 7) is 1.38. The number of rotatable bonds is 6. The Hall–Kier alpha value is -3.48. The number of hydrogen-bond acceptors (Lipinski definition) is 5. The van der Waals surface area contributed by atoms with Crippen LogP contribution in [0.5, 0.6) is 0 Å². The zero-order chi connectivity index (χ0) is 18.5. The first-order chi connectivity index (χ1) is 12.5. The summed E-state index contributed by atoms with van der Waals surface area (Å²) in [5.41, 5.74) is 2.55. The van der Waals surface area contributed by atoms with Crippen molar-refractivity contribution in [2.75, 3.05) is 17.2 Å². The molecular weight excluding hydrogens is 335 g/mol. The molecule has 0 bridgehead atoms. The van der Waals surface area contributed by atoms with Gasteiger partial charge in [0.25, 0.3) is 0 Å². The van der Waals surface area contributed by atoms with Crippen LogP contribution in [0, 0.1) is 12.7 Å². The molecule has 0 saturated carbocycles. The Morgan fingerprint density at radius 2 is 1.88 bits per heavy atom. The Bertz CT molecular complexity index is 932. The summed E-state index contributed by atoms with van der Waals surface area (Å²) in [5, 5.41) is 14.5. The zero-order valence-corrected chi connectivity index (χ0v) is 14.0. The molecule has 3 aromatic rings. The standard InChI is InChI=1S/C19H17FN4O2/c1-12-7-8-14(9-15(12)20)22-17-10-16(13-5-3-2-4-6-13)23-19(24-17)21-11-18(25)26/h2-10H,11H2,1H3,(H,25,26)(H2,21,22,23,24). The average molecular weight is 352 g/mol. The van der Waals surface area contributed by atoms with Gasteiger partial charge in [-0.15, -0.1) is 0 Å². The van der Waals surface area contributed by atoms with E-state index in [4.69, 9.17) is 5.11 Å². The Morgan fingerprint density at radius 1 is 1.12 bits per heavy atom. The second kappa shape index (κ2) is 7.60. The zero-order valence-electron chi connectivity index (χ0n) is 14.0. The maximum atomic E-state index is 13.8. The molecule has 26 heavy (non-hydrogen) atoms. The smallest absolute Gasteiger partial charge is 0.322 e. The van der Waals surface area contributed by atoms with Gasteiger partial charge in [-0.25, -0.2) is 9.37 Å². The van der Waals surface area contributed by atoms with Crippen LogP contribution in [-0.4, -0.2) is 27.6 Å². The van der Waals surface area contributed by atoms with Crippen molar-refractivity contribution in [1.29, 1.82) is 0 Å². The molecule has 0 aliphatic rings. The molecule has 0 aliphatic heterocycles. The van der Waals surface area contributed by atoms with E-state index in [0.717, 1.165) is 5.56 Å². The molecule has 0 aliphatic carbocycles. The first-order valence-corrected chi connectivity index (χ1v) is 7.94. The van der Waals surface area contributed by atoms with E-state index >= 15 is 0 Å². The number of aromatic nitrogens is 2. The van der Waals surface area contributed by atoms with Crippen LogP contribution in [0.4, 0.5) is 21.8 Å². The summed E-state index contributed by atoms with van der Waals surface area (Å²) in [6.07, 6.45) is 0. The number of aliphatic carboxylic acids is 1. The third kappa shape index (κ3) is 4.32. The molecule has 0 amide bonds. The van der Waals surface area contributed by atoms with Crippen LogP contribution >= 0.6 is 0 Å². The number of halogens is 1. The molecule has 7 heteroatoms. The Balaban J connectivity index is 1.95. The van der Waals surface area contributed by atoms with Crippen molar-refractivity contribution >= 4 is 23.4 Å². The molecule has 3 N–H and O–H groups in total. The van der Waals surface area contributed by atoms with Gasteiger partial charge in [0, 0.05) is 17.3 Å². The number of aryl methyl sites for hydroxylation is 1. The van der Waals surface area contributed by atoms with Crippen LogP contribution < -0.4 is 10.6 Å². The highest BCUT2D eigenvalue weighted by Crippen LogP contribution is 2.24. The lowest BCUT2D eigenvalue weighted by Crippen LogP contribution is -2.15. The second-order valence-electron chi connectivity index (χ2n) is 5.66. The maximum absolute atomic E-state index is 13.8. The van der Waals surface area contributed by atoms with Crippen molar-refractivity contribution in [2.45, 2.75) is 6.92 Å². The topological polar surface area (TPSA) is 87.1 Å². The molecule has 1 heterocycles.